The van der Waals surface area contributed by atoms with Crippen LogP contribution in [0.5, 0.6) is 5.75 Å². The summed E-state index contributed by atoms with van der Waals surface area (Å²) in [7, 11) is -2.16. The highest BCUT2D eigenvalue weighted by molar-refractivity contribution is 7.92. The van der Waals surface area contributed by atoms with E-state index in [-0.39, 0.29) is 15.6 Å². The van der Waals surface area contributed by atoms with Gasteiger partial charge in [0.25, 0.3) is 0 Å². The molecule has 0 N–H and O–H groups in total. The van der Waals surface area contributed by atoms with Gasteiger partial charge in [0, 0.05) is 17.9 Å². The highest BCUT2D eigenvalue weighted by Gasteiger charge is 2.39. The van der Waals surface area contributed by atoms with Crippen molar-refractivity contribution in [3.05, 3.63) is 27.7 Å². The lowest BCUT2D eigenvalue weighted by molar-refractivity contribution is 0.0954. The SMILES string of the molecule is COc1cc(Cl)c(C(=O)C(C)(C)S(C)(=O)=O)cc1Cl. The molecule has 0 aliphatic rings. The second-order valence-electron chi connectivity index (χ2n) is 4.58. The molecular formula is C12H14Cl2O4S. The maximum atomic E-state index is 12.3. The van der Waals surface area contributed by atoms with Crippen LogP contribution in [0.15, 0.2) is 12.1 Å². The van der Waals surface area contributed by atoms with Gasteiger partial charge < -0.3 is 4.74 Å². The number of Topliss-reactive ketones (excluding diaryl/α,β-unsaturated/α-hetero) is 1. The smallest absolute Gasteiger partial charge is 0.185 e. The summed E-state index contributed by atoms with van der Waals surface area (Å²) in [5.41, 5.74) is 0.0582. The van der Waals surface area contributed by atoms with Crippen LogP contribution in [0.2, 0.25) is 10.0 Å². The lowest BCUT2D eigenvalue weighted by atomic mass is 10.00. The molecule has 0 atom stereocenters. The van der Waals surface area contributed by atoms with Crippen molar-refractivity contribution in [1.82, 2.24) is 0 Å². The Hall–Kier alpha value is -0.780. The fraction of sp³-hybridized carbons (Fsp3) is 0.417. The fourth-order valence-corrected chi connectivity index (χ4v) is 2.28. The molecule has 0 aromatic heterocycles. The number of halogens is 2. The molecule has 0 aliphatic heterocycles. The zero-order valence-corrected chi connectivity index (χ0v) is 13.3. The lowest BCUT2D eigenvalue weighted by Gasteiger charge is -2.21. The van der Waals surface area contributed by atoms with Crippen LogP contribution in [0.25, 0.3) is 0 Å². The predicted octanol–water partition coefficient (Wildman–Crippen LogP) is 3.01. The van der Waals surface area contributed by atoms with Crippen LogP contribution in [0.3, 0.4) is 0 Å². The molecule has 0 aliphatic carbocycles. The van der Waals surface area contributed by atoms with Crippen LogP contribution >= 0.6 is 23.2 Å². The van der Waals surface area contributed by atoms with Gasteiger partial charge in [0.1, 0.15) is 10.5 Å². The molecule has 1 aromatic rings. The van der Waals surface area contributed by atoms with E-state index < -0.39 is 20.4 Å². The second kappa shape index (κ2) is 5.31. The number of hydrogen-bond acceptors (Lipinski definition) is 4. The van der Waals surface area contributed by atoms with E-state index in [4.69, 9.17) is 27.9 Å². The first kappa shape index (κ1) is 16.3. The Morgan fingerprint density at radius 2 is 1.74 bits per heavy atom. The van der Waals surface area contributed by atoms with Gasteiger partial charge in [-0.15, -0.1) is 0 Å². The van der Waals surface area contributed by atoms with Gasteiger partial charge >= 0.3 is 0 Å². The molecule has 0 saturated heterocycles. The topological polar surface area (TPSA) is 60.4 Å². The molecule has 7 heteroatoms. The number of carbonyl (C=O) groups is 1. The van der Waals surface area contributed by atoms with Crippen molar-refractivity contribution in [1.29, 1.82) is 0 Å². The van der Waals surface area contributed by atoms with Crippen molar-refractivity contribution in [2.45, 2.75) is 18.6 Å². The maximum absolute atomic E-state index is 12.3. The molecule has 0 unspecified atom stereocenters. The molecule has 1 aromatic carbocycles. The highest BCUT2D eigenvalue weighted by Crippen LogP contribution is 2.34. The van der Waals surface area contributed by atoms with Gasteiger partial charge in [0.15, 0.2) is 15.6 Å². The fourth-order valence-electron chi connectivity index (χ4n) is 1.35. The summed E-state index contributed by atoms with van der Waals surface area (Å²) in [6.45, 7) is 2.66. The predicted molar refractivity (Wildman–Crippen MR) is 76.3 cm³/mol. The minimum absolute atomic E-state index is 0.0582. The number of methoxy groups -OCH3 is 1. The van der Waals surface area contributed by atoms with Crippen LogP contribution in [-0.2, 0) is 9.84 Å². The highest BCUT2D eigenvalue weighted by atomic mass is 35.5. The summed E-state index contributed by atoms with van der Waals surface area (Å²) in [6.07, 6.45) is 1.00. The number of hydrogen-bond donors (Lipinski definition) is 0. The van der Waals surface area contributed by atoms with Crippen LogP contribution in [-0.4, -0.2) is 32.3 Å². The molecule has 0 saturated carbocycles. The average Bonchev–Trinajstić information content (AvgIpc) is 2.29. The van der Waals surface area contributed by atoms with Gasteiger partial charge in [-0.2, -0.15) is 0 Å². The maximum Gasteiger partial charge on any atom is 0.185 e. The summed E-state index contributed by atoms with van der Waals surface area (Å²) >= 11 is 11.9. The van der Waals surface area contributed by atoms with Crippen molar-refractivity contribution < 1.29 is 17.9 Å². The third-order valence-electron chi connectivity index (χ3n) is 2.96. The molecule has 4 nitrogen and oxygen atoms in total. The van der Waals surface area contributed by atoms with Crippen LogP contribution in [0.4, 0.5) is 0 Å². The molecule has 0 amide bonds. The van der Waals surface area contributed by atoms with Crippen molar-refractivity contribution in [3.8, 4) is 5.75 Å². The minimum Gasteiger partial charge on any atom is -0.495 e. The molecule has 19 heavy (non-hydrogen) atoms. The Morgan fingerprint density at radius 3 is 2.16 bits per heavy atom. The molecule has 0 radical (unpaired) electrons. The zero-order valence-electron chi connectivity index (χ0n) is 11.0. The molecule has 1 rings (SSSR count). The third kappa shape index (κ3) is 3.04. The van der Waals surface area contributed by atoms with Gasteiger partial charge in [-0.25, -0.2) is 8.42 Å². The third-order valence-corrected chi connectivity index (χ3v) is 5.61. The lowest BCUT2D eigenvalue weighted by Crippen LogP contribution is -2.40. The van der Waals surface area contributed by atoms with Crippen molar-refractivity contribution in [3.63, 3.8) is 0 Å². The number of carbonyl (C=O) groups excluding carboxylic acids is 1. The van der Waals surface area contributed by atoms with Gasteiger partial charge in [-0.1, -0.05) is 23.2 Å². The monoisotopic (exact) mass is 324 g/mol. The Morgan fingerprint density at radius 1 is 1.21 bits per heavy atom. The first-order valence-electron chi connectivity index (χ1n) is 5.29. The van der Waals surface area contributed by atoms with E-state index in [9.17, 15) is 13.2 Å². The van der Waals surface area contributed by atoms with E-state index in [1.807, 2.05) is 0 Å². The Kier molecular flexibility index (Phi) is 4.55. The summed E-state index contributed by atoms with van der Waals surface area (Å²) in [6, 6.07) is 2.70. The Bertz CT molecular complexity index is 621. The largest absolute Gasteiger partial charge is 0.495 e. The summed E-state index contributed by atoms with van der Waals surface area (Å²) in [4.78, 5) is 12.3. The number of ether oxygens (including phenoxy) is 1. The number of rotatable bonds is 4. The zero-order chi connectivity index (χ0) is 15.0. The van der Waals surface area contributed by atoms with Gasteiger partial charge in [0.2, 0.25) is 0 Å². The molecule has 106 valence electrons. The molecule has 0 fully saturated rings. The normalized spacial score (nSPS) is 12.3. The van der Waals surface area contributed by atoms with E-state index in [0.29, 0.717) is 5.75 Å². The van der Waals surface area contributed by atoms with Crippen molar-refractivity contribution in [2.75, 3.05) is 13.4 Å². The molecular weight excluding hydrogens is 311 g/mol. The van der Waals surface area contributed by atoms with E-state index in [1.165, 1.54) is 33.1 Å². The standard InChI is InChI=1S/C12H14Cl2O4S/c1-12(2,19(4,16)17)11(15)7-5-9(14)10(18-3)6-8(7)13/h5-6H,1-4H3. The minimum atomic E-state index is -3.58. The van der Waals surface area contributed by atoms with Crippen molar-refractivity contribution >= 4 is 38.8 Å². The first-order chi connectivity index (χ1) is 8.52. The summed E-state index contributed by atoms with van der Waals surface area (Å²) in [5.74, 6) is -0.287. The Balaban J connectivity index is 3.41. The van der Waals surface area contributed by atoms with E-state index in [0.717, 1.165) is 6.26 Å². The quantitative estimate of drug-likeness (QED) is 0.799. The summed E-state index contributed by atoms with van der Waals surface area (Å²) in [5, 5.41) is 0.294. The first-order valence-corrected chi connectivity index (χ1v) is 7.94. The van der Waals surface area contributed by atoms with Gasteiger partial charge in [0.05, 0.1) is 17.2 Å². The molecule has 0 heterocycles. The number of ketones is 1. The average molecular weight is 325 g/mol. The van der Waals surface area contributed by atoms with Crippen LogP contribution in [0.1, 0.15) is 24.2 Å². The molecule has 0 spiro atoms. The van der Waals surface area contributed by atoms with Crippen molar-refractivity contribution in [2.24, 2.45) is 0 Å². The van der Waals surface area contributed by atoms with Crippen LogP contribution < -0.4 is 4.74 Å². The number of sulfone groups is 1. The molecule has 0 bridgehead atoms. The Labute approximate surface area is 122 Å². The second-order valence-corrected chi connectivity index (χ2v) is 7.96. The van der Waals surface area contributed by atoms with E-state index in [2.05, 4.69) is 0 Å². The number of benzene rings is 1. The van der Waals surface area contributed by atoms with Crippen LogP contribution in [0, 0.1) is 0 Å². The van der Waals surface area contributed by atoms with Gasteiger partial charge in [-0.05, 0) is 19.9 Å². The van der Waals surface area contributed by atoms with E-state index >= 15 is 0 Å². The van der Waals surface area contributed by atoms with E-state index in [1.54, 1.807) is 0 Å². The summed E-state index contributed by atoms with van der Waals surface area (Å²) < 4.78 is 26.7. The van der Waals surface area contributed by atoms with Gasteiger partial charge in [-0.3, -0.25) is 4.79 Å².